The minimum Gasteiger partial charge on any atom is -0.354 e. The third kappa shape index (κ3) is 6.74. The van der Waals surface area contributed by atoms with E-state index in [1.54, 1.807) is 18.2 Å². The molecule has 0 saturated heterocycles. The van der Waals surface area contributed by atoms with E-state index in [1.807, 2.05) is 19.9 Å². The summed E-state index contributed by atoms with van der Waals surface area (Å²) in [6, 6.07) is 6.44. The Hall–Kier alpha value is -2.66. The van der Waals surface area contributed by atoms with Crippen molar-refractivity contribution < 1.29 is 14.4 Å². The number of rotatable bonds is 6. The maximum Gasteiger partial charge on any atom is 0.280 e. The fourth-order valence-corrected chi connectivity index (χ4v) is 6.54. The standard InChI is InChI=1S/C27H33ClN6O3S.ClH/c1-14(2)29-24(35)15-4-6-19(31-26(37)27-33-20-8-9-34(3)13-23(20)38-27)21(11-15)32-25(36)22-12-16-10-17(28)5-7-18(16)30-22;/h5,7,10,12,14-15,19,21,30H,4,6,8-9,11,13H2,1-3H3,(H,29,35)(H,31,37)(H,32,36);1H. The number of hydrogen-bond acceptors (Lipinski definition) is 6. The number of amides is 3. The van der Waals surface area contributed by atoms with E-state index in [4.69, 9.17) is 11.6 Å². The highest BCUT2D eigenvalue weighted by molar-refractivity contribution is 7.13. The van der Waals surface area contributed by atoms with Gasteiger partial charge in [0, 0.05) is 58.3 Å². The Bertz CT molecular complexity index is 1370. The van der Waals surface area contributed by atoms with E-state index in [-0.39, 0.29) is 48.1 Å². The van der Waals surface area contributed by atoms with E-state index in [9.17, 15) is 14.4 Å². The van der Waals surface area contributed by atoms with Crippen LogP contribution in [0.25, 0.3) is 10.9 Å². The molecule has 210 valence electrons. The van der Waals surface area contributed by atoms with Gasteiger partial charge >= 0.3 is 0 Å². The monoisotopic (exact) mass is 592 g/mol. The molecule has 0 bridgehead atoms. The van der Waals surface area contributed by atoms with Gasteiger partial charge in [0.15, 0.2) is 5.01 Å². The average Bonchev–Trinajstić information content (AvgIpc) is 3.48. The second-order valence-corrected chi connectivity index (χ2v) is 12.1. The minimum absolute atomic E-state index is 0. The third-order valence-corrected chi connectivity index (χ3v) is 8.55. The Morgan fingerprint density at radius 2 is 1.90 bits per heavy atom. The number of H-pyrrole nitrogens is 1. The summed E-state index contributed by atoms with van der Waals surface area (Å²) in [5.41, 5.74) is 2.20. The molecule has 3 aromatic rings. The summed E-state index contributed by atoms with van der Waals surface area (Å²) in [5, 5.41) is 11.1. The fraction of sp³-hybridized carbons (Fsp3) is 0.481. The molecule has 1 aromatic carbocycles. The molecule has 12 heteroatoms. The van der Waals surface area contributed by atoms with Gasteiger partial charge in [-0.3, -0.25) is 14.4 Å². The number of hydrogen-bond donors (Lipinski definition) is 4. The maximum absolute atomic E-state index is 13.3. The molecule has 1 aliphatic carbocycles. The largest absolute Gasteiger partial charge is 0.354 e. The summed E-state index contributed by atoms with van der Waals surface area (Å²) in [5.74, 6) is -0.804. The highest BCUT2D eigenvalue weighted by Gasteiger charge is 2.37. The molecule has 1 aliphatic heterocycles. The van der Waals surface area contributed by atoms with E-state index in [0.717, 1.165) is 41.0 Å². The molecule has 3 atom stereocenters. The van der Waals surface area contributed by atoms with Gasteiger partial charge in [-0.25, -0.2) is 4.98 Å². The van der Waals surface area contributed by atoms with E-state index >= 15 is 0 Å². The quantitative estimate of drug-likeness (QED) is 0.346. The average molecular weight is 594 g/mol. The number of likely N-dealkylation sites (N-methyl/N-ethyl adjacent to an activating group) is 1. The zero-order chi connectivity index (χ0) is 27.0. The molecule has 2 aromatic heterocycles. The van der Waals surface area contributed by atoms with Crippen molar-refractivity contribution in [2.24, 2.45) is 5.92 Å². The first kappa shape index (κ1) is 29.3. The van der Waals surface area contributed by atoms with Gasteiger partial charge in [-0.15, -0.1) is 23.7 Å². The van der Waals surface area contributed by atoms with E-state index in [1.165, 1.54) is 11.3 Å². The second-order valence-electron chi connectivity index (χ2n) is 10.6. The summed E-state index contributed by atoms with van der Waals surface area (Å²) in [4.78, 5) is 50.4. The lowest BCUT2D eigenvalue weighted by atomic mass is 9.81. The number of fused-ring (bicyclic) bond motifs is 2. The molecule has 3 unspecified atom stereocenters. The Balaban J connectivity index is 0.00000353. The number of carbonyl (C=O) groups excluding carboxylic acids is 3. The van der Waals surface area contributed by atoms with Crippen molar-refractivity contribution in [2.75, 3.05) is 13.6 Å². The van der Waals surface area contributed by atoms with Crippen LogP contribution in [0.5, 0.6) is 0 Å². The fourth-order valence-electron chi connectivity index (χ4n) is 5.27. The van der Waals surface area contributed by atoms with Gasteiger partial charge in [0.1, 0.15) is 5.69 Å². The molecule has 3 amide bonds. The SMILES string of the molecule is CC(C)NC(=O)C1CCC(NC(=O)c2nc3c(s2)CN(C)CC3)C(NC(=O)c2cc3cc(Cl)ccc3[nH]2)C1.Cl. The lowest BCUT2D eigenvalue weighted by molar-refractivity contribution is -0.126. The van der Waals surface area contributed by atoms with Gasteiger partial charge in [-0.05, 0) is 64.4 Å². The van der Waals surface area contributed by atoms with Crippen LogP contribution in [0.2, 0.25) is 5.02 Å². The van der Waals surface area contributed by atoms with Gasteiger partial charge in [-0.2, -0.15) is 0 Å². The van der Waals surface area contributed by atoms with Gasteiger partial charge in [0.25, 0.3) is 11.8 Å². The number of aromatic amines is 1. The predicted molar refractivity (Wildman–Crippen MR) is 156 cm³/mol. The van der Waals surface area contributed by atoms with Crippen LogP contribution in [0.3, 0.4) is 0 Å². The van der Waals surface area contributed by atoms with E-state index in [2.05, 4.69) is 37.9 Å². The molecule has 1 fully saturated rings. The topological polar surface area (TPSA) is 119 Å². The smallest absolute Gasteiger partial charge is 0.280 e. The Labute approximate surface area is 242 Å². The third-order valence-electron chi connectivity index (χ3n) is 7.23. The maximum atomic E-state index is 13.3. The van der Waals surface area contributed by atoms with Gasteiger partial charge in [0.2, 0.25) is 5.91 Å². The highest BCUT2D eigenvalue weighted by atomic mass is 35.5. The molecule has 9 nitrogen and oxygen atoms in total. The van der Waals surface area contributed by atoms with E-state index < -0.39 is 6.04 Å². The Kier molecular flexibility index (Phi) is 9.21. The number of aromatic nitrogens is 2. The zero-order valence-electron chi connectivity index (χ0n) is 22.2. The Morgan fingerprint density at radius 1 is 1.13 bits per heavy atom. The molecule has 0 spiro atoms. The Morgan fingerprint density at radius 3 is 2.67 bits per heavy atom. The zero-order valence-corrected chi connectivity index (χ0v) is 24.6. The molecule has 5 rings (SSSR count). The number of benzene rings is 1. The molecule has 1 saturated carbocycles. The molecule has 0 radical (unpaired) electrons. The van der Waals surface area contributed by atoms with Crippen LogP contribution in [0.1, 0.15) is 64.0 Å². The number of thiazole rings is 1. The lowest BCUT2D eigenvalue weighted by Gasteiger charge is -2.36. The van der Waals surface area contributed by atoms with Crippen LogP contribution in [0.4, 0.5) is 0 Å². The number of carbonyl (C=O) groups is 3. The first-order chi connectivity index (χ1) is 18.2. The molecule has 2 aliphatic rings. The van der Waals surface area contributed by atoms with Crippen molar-refractivity contribution in [3.05, 3.63) is 50.6 Å². The first-order valence-electron chi connectivity index (χ1n) is 13.0. The summed E-state index contributed by atoms with van der Waals surface area (Å²) in [6.45, 7) is 5.58. The summed E-state index contributed by atoms with van der Waals surface area (Å²) >= 11 is 7.54. The van der Waals surface area contributed by atoms with Crippen LogP contribution in [-0.2, 0) is 17.8 Å². The second kappa shape index (κ2) is 12.2. The number of nitrogens with one attached hydrogen (secondary N) is 4. The predicted octanol–water partition coefficient (Wildman–Crippen LogP) is 3.91. The molecule has 4 N–H and O–H groups in total. The molecule has 39 heavy (non-hydrogen) atoms. The highest BCUT2D eigenvalue weighted by Crippen LogP contribution is 2.28. The van der Waals surface area contributed by atoms with Crippen molar-refractivity contribution in [3.8, 4) is 0 Å². The van der Waals surface area contributed by atoms with Crippen molar-refractivity contribution >= 4 is 64.0 Å². The number of halogens is 2. The van der Waals surface area contributed by atoms with Crippen LogP contribution in [-0.4, -0.2) is 64.3 Å². The van der Waals surface area contributed by atoms with Crippen molar-refractivity contribution in [3.63, 3.8) is 0 Å². The molecular formula is C27H34Cl2N6O3S. The normalized spacial score (nSPS) is 21.2. The summed E-state index contributed by atoms with van der Waals surface area (Å²) < 4.78 is 0. The lowest BCUT2D eigenvalue weighted by Crippen LogP contribution is -2.56. The molecular weight excluding hydrogens is 559 g/mol. The molecule has 3 heterocycles. The first-order valence-corrected chi connectivity index (χ1v) is 14.2. The van der Waals surface area contributed by atoms with Gasteiger partial charge in [0.05, 0.1) is 11.7 Å². The van der Waals surface area contributed by atoms with Crippen LogP contribution in [0.15, 0.2) is 24.3 Å². The van der Waals surface area contributed by atoms with Crippen LogP contribution in [0, 0.1) is 5.92 Å². The van der Waals surface area contributed by atoms with Gasteiger partial charge < -0.3 is 25.8 Å². The van der Waals surface area contributed by atoms with Crippen LogP contribution >= 0.6 is 35.3 Å². The summed E-state index contributed by atoms with van der Waals surface area (Å²) in [6.07, 6.45) is 2.46. The van der Waals surface area contributed by atoms with Gasteiger partial charge in [-0.1, -0.05) is 11.6 Å². The van der Waals surface area contributed by atoms with Crippen molar-refractivity contribution in [1.82, 2.24) is 30.8 Å². The van der Waals surface area contributed by atoms with Crippen molar-refractivity contribution in [1.29, 1.82) is 0 Å². The van der Waals surface area contributed by atoms with E-state index in [0.29, 0.717) is 35.0 Å². The van der Waals surface area contributed by atoms with Crippen LogP contribution < -0.4 is 16.0 Å². The van der Waals surface area contributed by atoms with Crippen molar-refractivity contribution in [2.45, 2.75) is 64.2 Å². The number of nitrogens with zero attached hydrogens (tertiary/aromatic N) is 2. The summed E-state index contributed by atoms with van der Waals surface area (Å²) in [7, 11) is 2.06. The minimum atomic E-state index is -0.418.